The van der Waals surface area contributed by atoms with E-state index < -0.39 is 21.7 Å². The number of para-hydroxylation sites is 1. The number of hydrogen-bond donors (Lipinski definition) is 2. The summed E-state index contributed by atoms with van der Waals surface area (Å²) in [4.78, 5) is 0.0206. The second kappa shape index (κ2) is 5.46. The number of hydrogen-bond acceptors (Lipinski definition) is 3. The van der Waals surface area contributed by atoms with Gasteiger partial charge in [-0.2, -0.15) is 0 Å². The van der Waals surface area contributed by atoms with E-state index in [4.69, 9.17) is 0 Å². The number of anilines is 2. The molecule has 0 aromatic heterocycles. The highest BCUT2D eigenvalue weighted by molar-refractivity contribution is 7.92. The van der Waals surface area contributed by atoms with Gasteiger partial charge in [0.15, 0.2) is 11.6 Å². The van der Waals surface area contributed by atoms with Gasteiger partial charge < -0.3 is 5.32 Å². The van der Waals surface area contributed by atoms with Gasteiger partial charge in [0.2, 0.25) is 0 Å². The first kappa shape index (κ1) is 14.3. The Kier molecular flexibility index (Phi) is 3.89. The first-order valence-electron chi connectivity index (χ1n) is 5.68. The van der Waals surface area contributed by atoms with Crippen LogP contribution in [0.4, 0.5) is 20.2 Å². The SMILES string of the molecule is CNc1ccccc1S(=O)(=O)Nc1ccc(F)c(F)c1. The van der Waals surface area contributed by atoms with Crippen molar-refractivity contribution < 1.29 is 17.2 Å². The Morgan fingerprint density at radius 1 is 1.00 bits per heavy atom. The van der Waals surface area contributed by atoms with Crippen molar-refractivity contribution in [1.29, 1.82) is 0 Å². The topological polar surface area (TPSA) is 58.2 Å². The minimum Gasteiger partial charge on any atom is -0.387 e. The van der Waals surface area contributed by atoms with Gasteiger partial charge in [0, 0.05) is 13.1 Å². The van der Waals surface area contributed by atoms with Crippen LogP contribution < -0.4 is 10.0 Å². The van der Waals surface area contributed by atoms with E-state index in [1.54, 1.807) is 25.2 Å². The molecule has 2 aromatic carbocycles. The van der Waals surface area contributed by atoms with Gasteiger partial charge in [-0.25, -0.2) is 17.2 Å². The largest absolute Gasteiger partial charge is 0.387 e. The average molecular weight is 298 g/mol. The summed E-state index contributed by atoms with van der Waals surface area (Å²) in [5.41, 5.74) is 0.359. The maximum atomic E-state index is 13.1. The molecule has 2 aromatic rings. The Hall–Kier alpha value is -2.15. The molecule has 0 bridgehead atoms. The van der Waals surface area contributed by atoms with Crippen molar-refractivity contribution in [2.45, 2.75) is 4.90 Å². The van der Waals surface area contributed by atoms with Crippen LogP contribution in [-0.4, -0.2) is 15.5 Å². The summed E-state index contributed by atoms with van der Waals surface area (Å²) in [6.45, 7) is 0. The van der Waals surface area contributed by atoms with E-state index >= 15 is 0 Å². The number of sulfonamides is 1. The molecule has 7 heteroatoms. The minimum absolute atomic E-state index is 0.0206. The Balaban J connectivity index is 2.38. The molecular weight excluding hydrogens is 286 g/mol. The van der Waals surface area contributed by atoms with Crippen LogP contribution in [0.3, 0.4) is 0 Å². The van der Waals surface area contributed by atoms with Crippen molar-refractivity contribution in [3.05, 3.63) is 54.1 Å². The molecule has 0 saturated carbocycles. The predicted octanol–water partition coefficient (Wildman–Crippen LogP) is 2.81. The molecule has 0 aliphatic heterocycles. The lowest BCUT2D eigenvalue weighted by Crippen LogP contribution is -2.14. The molecule has 0 radical (unpaired) electrons. The first-order chi connectivity index (χ1) is 9.44. The summed E-state index contributed by atoms with van der Waals surface area (Å²) >= 11 is 0. The third-order valence-electron chi connectivity index (χ3n) is 2.62. The minimum atomic E-state index is -3.89. The van der Waals surface area contributed by atoms with Gasteiger partial charge in [-0.05, 0) is 24.3 Å². The van der Waals surface area contributed by atoms with Crippen molar-refractivity contribution in [2.75, 3.05) is 17.1 Å². The van der Waals surface area contributed by atoms with Crippen LogP contribution in [-0.2, 0) is 10.0 Å². The van der Waals surface area contributed by atoms with E-state index in [0.29, 0.717) is 5.69 Å². The van der Waals surface area contributed by atoms with Gasteiger partial charge in [-0.3, -0.25) is 4.72 Å². The van der Waals surface area contributed by atoms with Gasteiger partial charge >= 0.3 is 0 Å². The highest BCUT2D eigenvalue weighted by Gasteiger charge is 2.18. The zero-order valence-corrected chi connectivity index (χ0v) is 11.3. The summed E-state index contributed by atoms with van der Waals surface area (Å²) < 4.78 is 52.5. The summed E-state index contributed by atoms with van der Waals surface area (Å²) in [6.07, 6.45) is 0. The summed E-state index contributed by atoms with van der Waals surface area (Å²) in [7, 11) is -2.30. The normalized spacial score (nSPS) is 11.2. The molecule has 0 saturated heterocycles. The van der Waals surface area contributed by atoms with E-state index in [-0.39, 0.29) is 10.6 Å². The quantitative estimate of drug-likeness (QED) is 0.912. The Labute approximate surface area is 115 Å². The van der Waals surface area contributed by atoms with Crippen molar-refractivity contribution in [1.82, 2.24) is 0 Å². The van der Waals surface area contributed by atoms with Crippen LogP contribution in [0.25, 0.3) is 0 Å². The number of nitrogens with one attached hydrogen (secondary N) is 2. The summed E-state index contributed by atoms with van der Waals surface area (Å²) in [6, 6.07) is 9.06. The van der Waals surface area contributed by atoms with Gasteiger partial charge in [0.1, 0.15) is 4.90 Å². The molecule has 2 rings (SSSR count). The Morgan fingerprint density at radius 3 is 2.35 bits per heavy atom. The number of benzene rings is 2. The van der Waals surface area contributed by atoms with Crippen LogP contribution >= 0.6 is 0 Å². The lowest BCUT2D eigenvalue weighted by molar-refractivity contribution is 0.509. The van der Waals surface area contributed by atoms with Crippen molar-refractivity contribution in [3.8, 4) is 0 Å². The predicted molar refractivity (Wildman–Crippen MR) is 73.2 cm³/mol. The molecule has 0 aliphatic rings. The zero-order valence-electron chi connectivity index (χ0n) is 10.5. The van der Waals surface area contributed by atoms with E-state index in [1.165, 1.54) is 6.07 Å². The van der Waals surface area contributed by atoms with Crippen molar-refractivity contribution in [2.24, 2.45) is 0 Å². The molecule has 0 heterocycles. The second-order valence-corrected chi connectivity index (χ2v) is 5.63. The standard InChI is InChI=1S/C13H12F2N2O2S/c1-16-12-4-2-3-5-13(12)20(18,19)17-9-6-7-10(14)11(15)8-9/h2-8,16-17H,1H3. The Bertz CT molecular complexity index is 733. The lowest BCUT2D eigenvalue weighted by Gasteiger charge is -2.12. The first-order valence-corrected chi connectivity index (χ1v) is 7.17. The van der Waals surface area contributed by atoms with E-state index in [1.807, 2.05) is 0 Å². The average Bonchev–Trinajstić information content (AvgIpc) is 2.42. The molecular formula is C13H12F2N2O2S. The van der Waals surface area contributed by atoms with Crippen LogP contribution in [0.5, 0.6) is 0 Å². The fourth-order valence-corrected chi connectivity index (χ4v) is 2.94. The third kappa shape index (κ3) is 2.88. The molecule has 20 heavy (non-hydrogen) atoms. The summed E-state index contributed by atoms with van der Waals surface area (Å²) in [5.74, 6) is -2.16. The van der Waals surface area contributed by atoms with Gasteiger partial charge in [0.05, 0.1) is 11.4 Å². The molecule has 4 nitrogen and oxygen atoms in total. The maximum absolute atomic E-state index is 13.1. The molecule has 0 spiro atoms. The summed E-state index contributed by atoms with van der Waals surface area (Å²) in [5, 5.41) is 2.75. The molecule has 106 valence electrons. The van der Waals surface area contributed by atoms with Gasteiger partial charge in [-0.1, -0.05) is 12.1 Å². The monoisotopic (exact) mass is 298 g/mol. The van der Waals surface area contributed by atoms with Crippen LogP contribution in [0, 0.1) is 11.6 Å². The molecule has 0 fully saturated rings. The zero-order chi connectivity index (χ0) is 14.8. The van der Waals surface area contributed by atoms with Gasteiger partial charge in [0.25, 0.3) is 10.0 Å². The van der Waals surface area contributed by atoms with E-state index in [9.17, 15) is 17.2 Å². The lowest BCUT2D eigenvalue weighted by atomic mass is 10.3. The van der Waals surface area contributed by atoms with Gasteiger partial charge in [-0.15, -0.1) is 0 Å². The third-order valence-corrected chi connectivity index (χ3v) is 4.06. The van der Waals surface area contributed by atoms with Crippen LogP contribution in [0.15, 0.2) is 47.4 Å². The molecule has 0 atom stereocenters. The fraction of sp³-hybridized carbons (Fsp3) is 0.0769. The maximum Gasteiger partial charge on any atom is 0.263 e. The highest BCUT2D eigenvalue weighted by Crippen LogP contribution is 2.23. The molecule has 0 unspecified atom stereocenters. The second-order valence-electron chi connectivity index (χ2n) is 3.98. The number of rotatable bonds is 4. The number of halogens is 2. The van der Waals surface area contributed by atoms with Crippen LogP contribution in [0.2, 0.25) is 0 Å². The van der Waals surface area contributed by atoms with Crippen molar-refractivity contribution >= 4 is 21.4 Å². The van der Waals surface area contributed by atoms with E-state index in [0.717, 1.165) is 18.2 Å². The molecule has 2 N–H and O–H groups in total. The van der Waals surface area contributed by atoms with Crippen molar-refractivity contribution in [3.63, 3.8) is 0 Å². The smallest absolute Gasteiger partial charge is 0.263 e. The Morgan fingerprint density at radius 2 is 1.70 bits per heavy atom. The van der Waals surface area contributed by atoms with E-state index in [2.05, 4.69) is 10.0 Å². The molecule has 0 aliphatic carbocycles. The molecule has 0 amide bonds. The van der Waals surface area contributed by atoms with Crippen LogP contribution in [0.1, 0.15) is 0 Å². The fourth-order valence-electron chi connectivity index (χ4n) is 1.68. The highest BCUT2D eigenvalue weighted by atomic mass is 32.2.